The van der Waals surface area contributed by atoms with Crippen molar-refractivity contribution in [3.8, 4) is 11.5 Å². The summed E-state index contributed by atoms with van der Waals surface area (Å²) in [6.07, 6.45) is -0.783. The fourth-order valence-electron chi connectivity index (χ4n) is 1.46. The maximum Gasteiger partial charge on any atom is 0.273 e. The molecule has 0 aliphatic carbocycles. The van der Waals surface area contributed by atoms with Crippen LogP contribution in [0.25, 0.3) is 0 Å². The van der Waals surface area contributed by atoms with Crippen LogP contribution in [0.1, 0.15) is 0 Å². The van der Waals surface area contributed by atoms with Gasteiger partial charge in [0.1, 0.15) is 6.61 Å². The molecular formula is C10H10N2O5. The first-order chi connectivity index (χ1) is 8.11. The highest BCUT2D eigenvalue weighted by Crippen LogP contribution is 2.34. The van der Waals surface area contributed by atoms with E-state index in [-0.39, 0.29) is 24.0 Å². The van der Waals surface area contributed by atoms with Crippen molar-refractivity contribution in [3.63, 3.8) is 0 Å². The highest BCUT2D eigenvalue weighted by molar-refractivity contribution is 5.81. The van der Waals surface area contributed by atoms with Crippen molar-refractivity contribution in [1.29, 1.82) is 0 Å². The van der Waals surface area contributed by atoms with E-state index in [1.54, 1.807) is 0 Å². The van der Waals surface area contributed by atoms with Crippen LogP contribution in [-0.4, -0.2) is 30.6 Å². The SMILES string of the molecule is CNC(=O)C1COc2ccc([N+](=O)[O-])cc2O1. The van der Waals surface area contributed by atoms with Crippen molar-refractivity contribution in [2.45, 2.75) is 6.10 Å². The lowest BCUT2D eigenvalue weighted by Gasteiger charge is -2.24. The average Bonchev–Trinajstić information content (AvgIpc) is 2.36. The van der Waals surface area contributed by atoms with Crippen LogP contribution >= 0.6 is 0 Å². The van der Waals surface area contributed by atoms with Gasteiger partial charge in [0.2, 0.25) is 6.10 Å². The number of hydrogen-bond donors (Lipinski definition) is 1. The fourth-order valence-corrected chi connectivity index (χ4v) is 1.46. The summed E-state index contributed by atoms with van der Waals surface area (Å²) in [5, 5.41) is 13.0. The van der Waals surface area contributed by atoms with Gasteiger partial charge in [-0.2, -0.15) is 0 Å². The Hall–Kier alpha value is -2.31. The first kappa shape index (κ1) is 11.2. The molecule has 1 amide bonds. The van der Waals surface area contributed by atoms with Crippen molar-refractivity contribution in [2.24, 2.45) is 0 Å². The van der Waals surface area contributed by atoms with Gasteiger partial charge < -0.3 is 14.8 Å². The topological polar surface area (TPSA) is 90.7 Å². The molecule has 1 aliphatic heterocycles. The Bertz CT molecular complexity index is 474. The molecule has 0 aromatic heterocycles. The van der Waals surface area contributed by atoms with E-state index in [4.69, 9.17) is 9.47 Å². The number of nitro benzene ring substituents is 1. The lowest BCUT2D eigenvalue weighted by atomic mass is 10.2. The molecule has 1 atom stereocenters. The zero-order valence-electron chi connectivity index (χ0n) is 9.00. The summed E-state index contributed by atoms with van der Waals surface area (Å²) >= 11 is 0. The normalized spacial score (nSPS) is 17.4. The number of rotatable bonds is 2. The first-order valence-electron chi connectivity index (χ1n) is 4.91. The van der Waals surface area contributed by atoms with E-state index in [1.165, 1.54) is 25.2 Å². The predicted molar refractivity (Wildman–Crippen MR) is 57.1 cm³/mol. The highest BCUT2D eigenvalue weighted by Gasteiger charge is 2.27. The second-order valence-corrected chi connectivity index (χ2v) is 3.42. The van der Waals surface area contributed by atoms with Crippen molar-refractivity contribution >= 4 is 11.6 Å². The average molecular weight is 238 g/mol. The zero-order chi connectivity index (χ0) is 12.4. The smallest absolute Gasteiger partial charge is 0.273 e. The third kappa shape index (κ3) is 2.12. The summed E-state index contributed by atoms with van der Waals surface area (Å²) in [6.45, 7) is 0.0878. The summed E-state index contributed by atoms with van der Waals surface area (Å²) < 4.78 is 10.6. The lowest BCUT2D eigenvalue weighted by molar-refractivity contribution is -0.385. The third-order valence-electron chi connectivity index (χ3n) is 2.34. The molecule has 1 unspecified atom stereocenters. The molecule has 1 heterocycles. The molecule has 0 saturated heterocycles. The summed E-state index contributed by atoms with van der Waals surface area (Å²) in [6, 6.07) is 4.01. The van der Waals surface area contributed by atoms with Gasteiger partial charge in [0, 0.05) is 13.1 Å². The molecule has 7 heteroatoms. The molecule has 90 valence electrons. The number of hydrogen-bond acceptors (Lipinski definition) is 5. The summed E-state index contributed by atoms with van der Waals surface area (Å²) in [5.41, 5.74) is -0.107. The molecule has 0 fully saturated rings. The Morgan fingerprint density at radius 2 is 2.29 bits per heavy atom. The third-order valence-corrected chi connectivity index (χ3v) is 2.34. The van der Waals surface area contributed by atoms with E-state index in [0.717, 1.165) is 0 Å². The second-order valence-electron chi connectivity index (χ2n) is 3.42. The van der Waals surface area contributed by atoms with Crippen LogP contribution in [0.3, 0.4) is 0 Å². The standard InChI is InChI=1S/C10H10N2O5/c1-11-10(13)9-5-16-7-3-2-6(12(14)15)4-8(7)17-9/h2-4,9H,5H2,1H3,(H,11,13). The summed E-state index contributed by atoms with van der Waals surface area (Å²) in [7, 11) is 1.48. The van der Waals surface area contributed by atoms with Crippen LogP contribution < -0.4 is 14.8 Å². The molecule has 1 aliphatic rings. The van der Waals surface area contributed by atoms with Gasteiger partial charge in [-0.3, -0.25) is 14.9 Å². The number of nitro groups is 1. The van der Waals surface area contributed by atoms with Gasteiger partial charge in [-0.05, 0) is 6.07 Å². The highest BCUT2D eigenvalue weighted by atomic mass is 16.6. The number of non-ortho nitro benzene ring substituents is 1. The minimum atomic E-state index is -0.783. The van der Waals surface area contributed by atoms with E-state index in [2.05, 4.69) is 5.32 Å². The van der Waals surface area contributed by atoms with Gasteiger partial charge in [0.05, 0.1) is 11.0 Å². The number of nitrogens with zero attached hydrogens (tertiary/aromatic N) is 1. The van der Waals surface area contributed by atoms with E-state index in [9.17, 15) is 14.9 Å². The minimum Gasteiger partial charge on any atom is -0.485 e. The lowest BCUT2D eigenvalue weighted by Crippen LogP contribution is -2.42. The van der Waals surface area contributed by atoms with Gasteiger partial charge in [0.15, 0.2) is 11.5 Å². The molecule has 0 radical (unpaired) electrons. The molecule has 0 bridgehead atoms. The van der Waals surface area contributed by atoms with E-state index < -0.39 is 11.0 Å². The van der Waals surface area contributed by atoms with Crippen LogP contribution in [0.2, 0.25) is 0 Å². The molecule has 7 nitrogen and oxygen atoms in total. The number of ether oxygens (including phenoxy) is 2. The summed E-state index contributed by atoms with van der Waals surface area (Å²) in [4.78, 5) is 21.4. The number of carbonyl (C=O) groups is 1. The molecule has 1 aromatic carbocycles. The molecule has 1 aromatic rings. The first-order valence-corrected chi connectivity index (χ1v) is 4.91. The number of likely N-dealkylation sites (N-methyl/N-ethyl adjacent to an activating group) is 1. The van der Waals surface area contributed by atoms with Gasteiger partial charge in [-0.25, -0.2) is 0 Å². The maximum atomic E-state index is 11.3. The van der Waals surface area contributed by atoms with Gasteiger partial charge in [-0.1, -0.05) is 0 Å². The van der Waals surface area contributed by atoms with Crippen molar-refractivity contribution in [1.82, 2.24) is 5.32 Å². The Morgan fingerprint density at radius 1 is 1.53 bits per heavy atom. The Kier molecular flexibility index (Phi) is 2.82. The maximum absolute atomic E-state index is 11.3. The van der Waals surface area contributed by atoms with Crippen LogP contribution in [0, 0.1) is 10.1 Å². The van der Waals surface area contributed by atoms with Crippen molar-refractivity contribution in [2.75, 3.05) is 13.7 Å². The molecule has 1 N–H and O–H groups in total. The Morgan fingerprint density at radius 3 is 2.94 bits per heavy atom. The molecule has 0 saturated carbocycles. The van der Waals surface area contributed by atoms with E-state index in [0.29, 0.717) is 5.75 Å². The van der Waals surface area contributed by atoms with Crippen LogP contribution in [0.4, 0.5) is 5.69 Å². The number of benzene rings is 1. The van der Waals surface area contributed by atoms with Gasteiger partial charge in [-0.15, -0.1) is 0 Å². The zero-order valence-corrected chi connectivity index (χ0v) is 9.00. The largest absolute Gasteiger partial charge is 0.485 e. The molecule has 0 spiro atoms. The van der Waals surface area contributed by atoms with E-state index >= 15 is 0 Å². The number of nitrogens with one attached hydrogen (secondary N) is 1. The summed E-state index contributed by atoms with van der Waals surface area (Å²) in [5.74, 6) is 0.275. The van der Waals surface area contributed by atoms with Crippen LogP contribution in [0.5, 0.6) is 11.5 Å². The number of carbonyl (C=O) groups excluding carboxylic acids is 1. The minimum absolute atomic E-state index is 0.0878. The monoisotopic (exact) mass is 238 g/mol. The van der Waals surface area contributed by atoms with Crippen LogP contribution in [0.15, 0.2) is 18.2 Å². The second kappa shape index (κ2) is 4.28. The molecule has 2 rings (SSSR count). The quantitative estimate of drug-likeness (QED) is 0.597. The predicted octanol–water partition coefficient (Wildman–Crippen LogP) is 0.481. The van der Waals surface area contributed by atoms with Crippen molar-refractivity contribution < 1.29 is 19.2 Å². The number of amides is 1. The van der Waals surface area contributed by atoms with Crippen molar-refractivity contribution in [3.05, 3.63) is 28.3 Å². The molecular weight excluding hydrogens is 228 g/mol. The Labute approximate surface area is 96.5 Å². The van der Waals surface area contributed by atoms with Gasteiger partial charge in [0.25, 0.3) is 11.6 Å². The molecule has 17 heavy (non-hydrogen) atoms. The number of fused-ring (bicyclic) bond motifs is 1. The van der Waals surface area contributed by atoms with Crippen LogP contribution in [-0.2, 0) is 4.79 Å². The Balaban J connectivity index is 2.26. The fraction of sp³-hybridized carbons (Fsp3) is 0.300. The van der Waals surface area contributed by atoms with E-state index in [1.807, 2.05) is 0 Å². The van der Waals surface area contributed by atoms with Gasteiger partial charge >= 0.3 is 0 Å².